The van der Waals surface area contributed by atoms with E-state index in [0.717, 1.165) is 22.1 Å². The van der Waals surface area contributed by atoms with E-state index in [9.17, 15) is 14.0 Å². The summed E-state index contributed by atoms with van der Waals surface area (Å²) >= 11 is 0. The van der Waals surface area contributed by atoms with Crippen molar-refractivity contribution in [1.82, 2.24) is 0 Å². The lowest BCUT2D eigenvalue weighted by atomic mass is 9.97. The van der Waals surface area contributed by atoms with Crippen LogP contribution >= 0.6 is 0 Å². The number of amides is 2. The van der Waals surface area contributed by atoms with E-state index in [0.29, 0.717) is 5.69 Å². The lowest BCUT2D eigenvalue weighted by Gasteiger charge is -2.15. The fourth-order valence-corrected chi connectivity index (χ4v) is 2.93. The van der Waals surface area contributed by atoms with Crippen molar-refractivity contribution in [2.24, 2.45) is 0 Å². The molecule has 144 valence electrons. The topological polar surface area (TPSA) is 67.4 Å². The van der Waals surface area contributed by atoms with Crippen molar-refractivity contribution >= 4 is 34.0 Å². The van der Waals surface area contributed by atoms with E-state index < -0.39 is 11.7 Å². The van der Waals surface area contributed by atoms with E-state index in [1.165, 1.54) is 25.1 Å². The van der Waals surface area contributed by atoms with Gasteiger partial charge >= 0.3 is 0 Å². The Morgan fingerprint density at radius 2 is 1.68 bits per heavy atom. The van der Waals surface area contributed by atoms with Gasteiger partial charge in [0.1, 0.15) is 11.6 Å². The first-order valence-corrected chi connectivity index (χ1v) is 8.83. The Labute approximate surface area is 162 Å². The van der Waals surface area contributed by atoms with E-state index in [1.807, 2.05) is 36.4 Å². The van der Waals surface area contributed by atoms with Gasteiger partial charge in [-0.05, 0) is 53.6 Å². The van der Waals surface area contributed by atoms with Gasteiger partial charge in [0.2, 0.25) is 11.8 Å². The highest BCUT2D eigenvalue weighted by atomic mass is 19.1. The zero-order valence-electron chi connectivity index (χ0n) is 15.9. The number of nitrogens with one attached hydrogen (secondary N) is 2. The van der Waals surface area contributed by atoms with Crippen LogP contribution in [0, 0.1) is 5.82 Å². The molecule has 2 N–H and O–H groups in total. The number of benzene rings is 3. The van der Waals surface area contributed by atoms with E-state index in [4.69, 9.17) is 4.74 Å². The fraction of sp³-hybridized carbons (Fsp3) is 0.182. The molecule has 28 heavy (non-hydrogen) atoms. The first-order chi connectivity index (χ1) is 13.4. The summed E-state index contributed by atoms with van der Waals surface area (Å²) in [6.07, 6.45) is 0. The van der Waals surface area contributed by atoms with Gasteiger partial charge in [-0.15, -0.1) is 0 Å². The summed E-state index contributed by atoms with van der Waals surface area (Å²) in [5, 5.41) is 7.20. The van der Waals surface area contributed by atoms with Gasteiger partial charge in [0.15, 0.2) is 0 Å². The number of anilines is 2. The number of hydrogen-bond donors (Lipinski definition) is 2. The molecular formula is C22H21FN2O3. The Bertz CT molecular complexity index is 1050. The van der Waals surface area contributed by atoms with Gasteiger partial charge in [-0.25, -0.2) is 4.39 Å². The second-order valence-corrected chi connectivity index (χ2v) is 6.56. The van der Waals surface area contributed by atoms with Gasteiger partial charge in [-0.1, -0.05) is 24.3 Å². The molecule has 0 unspecified atom stereocenters. The predicted molar refractivity (Wildman–Crippen MR) is 108 cm³/mol. The molecular weight excluding hydrogens is 359 g/mol. The maximum atomic E-state index is 13.8. The van der Waals surface area contributed by atoms with Crippen LogP contribution in [0.3, 0.4) is 0 Å². The smallest absolute Gasteiger partial charge is 0.231 e. The van der Waals surface area contributed by atoms with E-state index in [1.54, 1.807) is 14.0 Å². The molecule has 0 heterocycles. The Morgan fingerprint density at radius 1 is 0.964 bits per heavy atom. The SMILES string of the molecule is COc1ccc2cc([C@H](C)C(=O)Nc3ccc(F)c(NC(C)=O)c3)ccc2c1. The minimum Gasteiger partial charge on any atom is -0.497 e. The molecule has 0 saturated carbocycles. The maximum absolute atomic E-state index is 13.8. The van der Waals surface area contributed by atoms with Crippen LogP contribution in [0.5, 0.6) is 5.75 Å². The molecule has 0 fully saturated rings. The number of hydrogen-bond acceptors (Lipinski definition) is 3. The Kier molecular flexibility index (Phi) is 5.59. The quantitative estimate of drug-likeness (QED) is 0.675. The molecule has 6 heteroatoms. The van der Waals surface area contributed by atoms with Crippen molar-refractivity contribution in [2.45, 2.75) is 19.8 Å². The van der Waals surface area contributed by atoms with Gasteiger partial charge in [-0.3, -0.25) is 9.59 Å². The van der Waals surface area contributed by atoms with Crippen molar-refractivity contribution in [3.63, 3.8) is 0 Å². The van der Waals surface area contributed by atoms with E-state index in [-0.39, 0.29) is 17.5 Å². The molecule has 3 aromatic carbocycles. The summed E-state index contributed by atoms with van der Waals surface area (Å²) in [7, 11) is 1.62. The summed E-state index contributed by atoms with van der Waals surface area (Å²) in [6.45, 7) is 3.10. The first-order valence-electron chi connectivity index (χ1n) is 8.83. The number of halogens is 1. The summed E-state index contributed by atoms with van der Waals surface area (Å²) < 4.78 is 19.0. The third-order valence-corrected chi connectivity index (χ3v) is 4.51. The van der Waals surface area contributed by atoms with Crippen molar-refractivity contribution in [3.8, 4) is 5.75 Å². The zero-order chi connectivity index (χ0) is 20.3. The number of carbonyl (C=O) groups excluding carboxylic acids is 2. The molecule has 0 radical (unpaired) electrons. The second-order valence-electron chi connectivity index (χ2n) is 6.56. The van der Waals surface area contributed by atoms with Crippen LogP contribution in [0.15, 0.2) is 54.6 Å². The third kappa shape index (κ3) is 4.28. The van der Waals surface area contributed by atoms with Crippen molar-refractivity contribution in [1.29, 1.82) is 0 Å². The van der Waals surface area contributed by atoms with Gasteiger partial charge in [0.05, 0.1) is 18.7 Å². The predicted octanol–water partition coefficient (Wildman–Crippen LogP) is 4.69. The van der Waals surface area contributed by atoms with E-state index >= 15 is 0 Å². The molecule has 0 aliphatic carbocycles. The largest absolute Gasteiger partial charge is 0.497 e. The summed E-state index contributed by atoms with van der Waals surface area (Å²) in [6, 6.07) is 15.6. The van der Waals surface area contributed by atoms with Crippen LogP contribution in [0.1, 0.15) is 25.3 Å². The number of rotatable bonds is 5. The van der Waals surface area contributed by atoms with Gasteiger partial charge < -0.3 is 15.4 Å². The molecule has 2 amide bonds. The van der Waals surface area contributed by atoms with E-state index in [2.05, 4.69) is 10.6 Å². The fourth-order valence-electron chi connectivity index (χ4n) is 2.93. The number of fused-ring (bicyclic) bond motifs is 1. The standard InChI is InChI=1S/C22H21FN2O3/c1-13(15-4-5-17-11-19(28-3)8-6-16(17)10-15)22(27)25-18-7-9-20(23)21(12-18)24-14(2)26/h4-13H,1-3H3,(H,24,26)(H,25,27)/t13-/m0/s1. The normalized spacial score (nSPS) is 11.7. The average Bonchev–Trinajstić information content (AvgIpc) is 2.68. The maximum Gasteiger partial charge on any atom is 0.231 e. The molecule has 0 aliphatic heterocycles. The lowest BCUT2D eigenvalue weighted by molar-refractivity contribution is -0.117. The third-order valence-electron chi connectivity index (χ3n) is 4.51. The molecule has 0 bridgehead atoms. The van der Waals surface area contributed by atoms with Crippen LogP contribution in [-0.2, 0) is 9.59 Å². The first kappa shape index (κ1) is 19.4. The molecule has 0 saturated heterocycles. The zero-order valence-corrected chi connectivity index (χ0v) is 15.9. The van der Waals surface area contributed by atoms with Crippen molar-refractivity contribution in [2.75, 3.05) is 17.7 Å². The number of methoxy groups -OCH3 is 1. The number of carbonyl (C=O) groups is 2. The average molecular weight is 380 g/mol. The Balaban J connectivity index is 1.79. The van der Waals surface area contributed by atoms with Gasteiger partial charge in [0, 0.05) is 12.6 Å². The molecule has 0 aliphatic rings. The number of ether oxygens (including phenoxy) is 1. The molecule has 3 aromatic rings. The highest BCUT2D eigenvalue weighted by Gasteiger charge is 2.17. The van der Waals surface area contributed by atoms with Crippen LogP contribution in [0.2, 0.25) is 0 Å². The molecule has 0 aromatic heterocycles. The highest BCUT2D eigenvalue weighted by Crippen LogP contribution is 2.26. The lowest BCUT2D eigenvalue weighted by Crippen LogP contribution is -2.19. The molecule has 3 rings (SSSR count). The van der Waals surface area contributed by atoms with Gasteiger partial charge in [0.25, 0.3) is 0 Å². The van der Waals surface area contributed by atoms with Crippen LogP contribution < -0.4 is 15.4 Å². The molecule has 0 spiro atoms. The second kappa shape index (κ2) is 8.08. The van der Waals surface area contributed by atoms with Crippen LogP contribution in [0.25, 0.3) is 10.8 Å². The van der Waals surface area contributed by atoms with Crippen molar-refractivity contribution in [3.05, 3.63) is 66.0 Å². The summed E-state index contributed by atoms with van der Waals surface area (Å²) in [5.74, 6) is -0.818. The van der Waals surface area contributed by atoms with Crippen LogP contribution in [0.4, 0.5) is 15.8 Å². The monoisotopic (exact) mass is 380 g/mol. The summed E-state index contributed by atoms with van der Waals surface area (Å²) in [5.41, 5.74) is 1.30. The minimum atomic E-state index is -0.564. The Morgan fingerprint density at radius 3 is 2.39 bits per heavy atom. The minimum absolute atomic E-state index is 0.0256. The van der Waals surface area contributed by atoms with Crippen LogP contribution in [-0.4, -0.2) is 18.9 Å². The van der Waals surface area contributed by atoms with Crippen molar-refractivity contribution < 1.29 is 18.7 Å². The summed E-state index contributed by atoms with van der Waals surface area (Å²) in [4.78, 5) is 23.8. The van der Waals surface area contributed by atoms with Gasteiger partial charge in [-0.2, -0.15) is 0 Å². The Hall–Kier alpha value is -3.41. The molecule has 1 atom stereocenters. The molecule has 5 nitrogen and oxygen atoms in total. The highest BCUT2D eigenvalue weighted by molar-refractivity contribution is 5.97.